The summed E-state index contributed by atoms with van der Waals surface area (Å²) in [6.07, 6.45) is 2.18. The molecule has 2 aliphatic rings. The molecule has 0 saturated carbocycles. The second kappa shape index (κ2) is 10.8. The van der Waals surface area contributed by atoms with Crippen LogP contribution in [0, 0.1) is 5.92 Å². The number of carbonyl (C=O) groups is 2. The number of hydrogen-bond donors (Lipinski definition) is 1. The smallest absolute Gasteiger partial charge is 0.227 e. The number of anilines is 1. The third kappa shape index (κ3) is 5.28. The molecule has 2 aromatic rings. The minimum atomic E-state index is -0.393. The van der Waals surface area contributed by atoms with E-state index >= 15 is 0 Å². The van der Waals surface area contributed by atoms with Gasteiger partial charge < -0.3 is 24.4 Å². The number of piperidine rings is 1. The van der Waals surface area contributed by atoms with E-state index in [1.165, 1.54) is 26.9 Å². The van der Waals surface area contributed by atoms with Crippen LogP contribution in [0.1, 0.15) is 24.8 Å². The lowest BCUT2D eigenvalue weighted by Crippen LogP contribution is -2.49. The van der Waals surface area contributed by atoms with Gasteiger partial charge in [0.15, 0.2) is 11.5 Å². The quantitative estimate of drug-likeness (QED) is 0.643. The van der Waals surface area contributed by atoms with Crippen molar-refractivity contribution in [2.24, 2.45) is 5.92 Å². The third-order valence-electron chi connectivity index (χ3n) is 6.56. The van der Waals surface area contributed by atoms with Gasteiger partial charge in [-0.25, -0.2) is 0 Å². The summed E-state index contributed by atoms with van der Waals surface area (Å²) >= 11 is 0. The summed E-state index contributed by atoms with van der Waals surface area (Å²) in [6.45, 7) is 3.05. The van der Waals surface area contributed by atoms with Crippen LogP contribution in [0.15, 0.2) is 42.5 Å². The molecule has 2 unspecified atom stereocenters. The Balaban J connectivity index is 1.38. The van der Waals surface area contributed by atoms with Crippen LogP contribution in [-0.4, -0.2) is 63.7 Å². The summed E-state index contributed by atoms with van der Waals surface area (Å²) in [5.41, 5.74) is 1.90. The van der Waals surface area contributed by atoms with Gasteiger partial charge >= 0.3 is 0 Å². The summed E-state index contributed by atoms with van der Waals surface area (Å²) in [5, 5.41) is 3.20. The summed E-state index contributed by atoms with van der Waals surface area (Å²) in [5.74, 6) is 0.860. The molecule has 2 amide bonds. The van der Waals surface area contributed by atoms with Crippen LogP contribution in [0.25, 0.3) is 0 Å². The van der Waals surface area contributed by atoms with E-state index in [9.17, 15) is 9.59 Å². The van der Waals surface area contributed by atoms with E-state index in [0.717, 1.165) is 32.5 Å². The van der Waals surface area contributed by atoms with Crippen LogP contribution in [-0.2, 0) is 16.1 Å². The second-order valence-electron chi connectivity index (χ2n) is 8.86. The van der Waals surface area contributed by atoms with E-state index in [2.05, 4.69) is 34.5 Å². The average Bonchev–Trinajstić information content (AvgIpc) is 3.25. The van der Waals surface area contributed by atoms with Gasteiger partial charge in [0.05, 0.1) is 32.9 Å². The van der Waals surface area contributed by atoms with Crippen molar-refractivity contribution >= 4 is 17.5 Å². The van der Waals surface area contributed by atoms with E-state index in [-0.39, 0.29) is 24.3 Å². The van der Waals surface area contributed by atoms with Gasteiger partial charge in [-0.05, 0) is 24.9 Å². The Kier molecular flexibility index (Phi) is 7.57. The summed E-state index contributed by atoms with van der Waals surface area (Å²) in [4.78, 5) is 29.9. The van der Waals surface area contributed by atoms with Crippen LogP contribution >= 0.6 is 0 Å². The number of rotatable bonds is 8. The van der Waals surface area contributed by atoms with Crippen LogP contribution < -0.4 is 24.4 Å². The zero-order chi connectivity index (χ0) is 24.1. The molecule has 2 heterocycles. The van der Waals surface area contributed by atoms with Crippen LogP contribution in [0.5, 0.6) is 17.2 Å². The molecule has 4 rings (SSSR count). The van der Waals surface area contributed by atoms with Crippen molar-refractivity contribution in [2.75, 3.05) is 45.9 Å². The van der Waals surface area contributed by atoms with Gasteiger partial charge in [-0.2, -0.15) is 0 Å². The highest BCUT2D eigenvalue weighted by molar-refractivity contribution is 6.00. The van der Waals surface area contributed by atoms with Gasteiger partial charge in [0.25, 0.3) is 0 Å². The number of benzene rings is 2. The second-order valence-corrected chi connectivity index (χ2v) is 8.86. The van der Waals surface area contributed by atoms with Crippen LogP contribution in [0.2, 0.25) is 0 Å². The highest BCUT2D eigenvalue weighted by atomic mass is 16.5. The van der Waals surface area contributed by atoms with E-state index in [0.29, 0.717) is 29.5 Å². The van der Waals surface area contributed by atoms with Gasteiger partial charge in [0.2, 0.25) is 17.6 Å². The van der Waals surface area contributed by atoms with Crippen molar-refractivity contribution in [3.63, 3.8) is 0 Å². The van der Waals surface area contributed by atoms with Gasteiger partial charge in [0.1, 0.15) is 0 Å². The largest absolute Gasteiger partial charge is 0.493 e. The van der Waals surface area contributed by atoms with Crippen molar-refractivity contribution in [1.82, 2.24) is 10.2 Å². The molecule has 182 valence electrons. The Morgan fingerprint density at radius 2 is 1.74 bits per heavy atom. The summed E-state index contributed by atoms with van der Waals surface area (Å²) < 4.78 is 16.2. The van der Waals surface area contributed by atoms with Crippen molar-refractivity contribution in [1.29, 1.82) is 0 Å². The van der Waals surface area contributed by atoms with Crippen LogP contribution in [0.3, 0.4) is 0 Å². The highest BCUT2D eigenvalue weighted by Gasteiger charge is 2.37. The first kappa shape index (κ1) is 23.9. The number of likely N-dealkylation sites (tertiary alicyclic amines) is 1. The molecular weight excluding hydrogens is 434 g/mol. The molecule has 34 heavy (non-hydrogen) atoms. The minimum absolute atomic E-state index is 0.0603. The number of amides is 2. The predicted molar refractivity (Wildman–Crippen MR) is 129 cm³/mol. The molecule has 1 N–H and O–H groups in total. The fourth-order valence-corrected chi connectivity index (χ4v) is 4.83. The molecule has 0 aliphatic carbocycles. The van der Waals surface area contributed by atoms with E-state index < -0.39 is 5.92 Å². The van der Waals surface area contributed by atoms with Crippen molar-refractivity contribution in [3.05, 3.63) is 48.0 Å². The van der Waals surface area contributed by atoms with E-state index in [1.54, 1.807) is 17.0 Å². The minimum Gasteiger partial charge on any atom is -0.493 e. The van der Waals surface area contributed by atoms with Crippen LogP contribution in [0.4, 0.5) is 5.69 Å². The molecule has 8 nitrogen and oxygen atoms in total. The maximum Gasteiger partial charge on any atom is 0.227 e. The summed E-state index contributed by atoms with van der Waals surface area (Å²) in [6, 6.07) is 14.0. The zero-order valence-electron chi connectivity index (χ0n) is 20.1. The highest BCUT2D eigenvalue weighted by Crippen LogP contribution is 2.42. The molecule has 0 radical (unpaired) electrons. The lowest BCUT2D eigenvalue weighted by Gasteiger charge is -2.33. The molecular formula is C26H33N3O5. The molecule has 8 heteroatoms. The SMILES string of the molecule is COc1cc(N2CC(C(=O)NC3CCCN(Cc4ccccc4)C3)CC2=O)cc(OC)c1OC. The van der Waals surface area contributed by atoms with Gasteiger partial charge in [0, 0.05) is 44.2 Å². The van der Waals surface area contributed by atoms with Gasteiger partial charge in [-0.15, -0.1) is 0 Å². The van der Waals surface area contributed by atoms with E-state index in [4.69, 9.17) is 14.2 Å². The van der Waals surface area contributed by atoms with Gasteiger partial charge in [-0.3, -0.25) is 14.5 Å². The Morgan fingerprint density at radius 1 is 1.03 bits per heavy atom. The molecule has 2 fully saturated rings. The van der Waals surface area contributed by atoms with Crippen molar-refractivity contribution in [2.45, 2.75) is 31.8 Å². The molecule has 0 bridgehead atoms. The fourth-order valence-electron chi connectivity index (χ4n) is 4.83. The van der Waals surface area contributed by atoms with Crippen molar-refractivity contribution in [3.8, 4) is 17.2 Å². The number of nitrogens with one attached hydrogen (secondary N) is 1. The molecule has 2 aromatic carbocycles. The molecule has 2 saturated heterocycles. The fraction of sp³-hybridized carbons (Fsp3) is 0.462. The number of ether oxygens (including phenoxy) is 3. The number of hydrogen-bond acceptors (Lipinski definition) is 6. The first-order valence-electron chi connectivity index (χ1n) is 11.7. The van der Waals surface area contributed by atoms with E-state index in [1.807, 2.05) is 6.07 Å². The summed E-state index contributed by atoms with van der Waals surface area (Å²) in [7, 11) is 4.61. The average molecular weight is 468 g/mol. The first-order valence-corrected chi connectivity index (χ1v) is 11.7. The number of nitrogens with zero attached hydrogens (tertiary/aromatic N) is 2. The Hall–Kier alpha value is -3.26. The Labute approximate surface area is 200 Å². The Morgan fingerprint density at radius 3 is 2.38 bits per heavy atom. The predicted octanol–water partition coefficient (Wildman–Crippen LogP) is 2.85. The third-order valence-corrected chi connectivity index (χ3v) is 6.56. The van der Waals surface area contributed by atoms with Crippen molar-refractivity contribution < 1.29 is 23.8 Å². The maximum atomic E-state index is 13.1. The topological polar surface area (TPSA) is 80.3 Å². The zero-order valence-corrected chi connectivity index (χ0v) is 20.1. The lowest BCUT2D eigenvalue weighted by atomic mass is 10.0. The molecule has 2 aliphatic heterocycles. The molecule has 2 atom stereocenters. The maximum absolute atomic E-state index is 13.1. The molecule has 0 spiro atoms. The van der Waals surface area contributed by atoms with Gasteiger partial charge in [-0.1, -0.05) is 30.3 Å². The first-order chi connectivity index (χ1) is 16.5. The lowest BCUT2D eigenvalue weighted by molar-refractivity contribution is -0.127. The standard InChI is InChI=1S/C26H33N3O5/c1-32-22-13-21(14-23(33-2)25(22)34-3)29-16-19(12-24(29)30)26(31)27-20-10-7-11-28(17-20)15-18-8-5-4-6-9-18/h4-6,8-9,13-14,19-20H,7,10-12,15-17H2,1-3H3,(H,27,31). The Bertz CT molecular complexity index is 988. The number of methoxy groups -OCH3 is 3. The monoisotopic (exact) mass is 467 g/mol. The normalized spacial score (nSPS) is 20.8. The molecule has 0 aromatic heterocycles. The number of carbonyl (C=O) groups excluding carboxylic acids is 2.